The van der Waals surface area contributed by atoms with Crippen LogP contribution in [0.3, 0.4) is 0 Å². The standard InChI is InChI=1S/C30H28N2O4/c31-17-7-12-26-28(33)25-14-13-24(23-10-5-2-6-11-23)20-27(25)36-30(26)15-18-32(19-16-30)29(34)35-21-22-8-3-1-4-9-22/h1-6,8-11,13-14,20,26H,7,12,15-16,18-19,21H2. The number of carbonyl (C=O) groups excluding carboxylic acids is 2. The van der Waals surface area contributed by atoms with Gasteiger partial charge in [-0.1, -0.05) is 66.7 Å². The number of ether oxygens (including phenoxy) is 2. The minimum Gasteiger partial charge on any atom is -0.486 e. The molecule has 1 atom stereocenters. The maximum Gasteiger partial charge on any atom is 0.410 e. The average molecular weight is 481 g/mol. The molecule has 1 unspecified atom stereocenters. The first-order valence-electron chi connectivity index (χ1n) is 12.3. The van der Waals surface area contributed by atoms with Gasteiger partial charge in [-0.25, -0.2) is 4.79 Å². The minimum absolute atomic E-state index is 0.0196. The SMILES string of the molecule is N#CCCC1C(=O)c2ccc(-c3ccccc3)cc2OC12CCN(C(=O)OCc1ccccc1)CC2. The molecule has 1 saturated heterocycles. The molecule has 5 rings (SSSR count). The van der Waals surface area contributed by atoms with E-state index < -0.39 is 11.5 Å². The molecule has 182 valence electrons. The van der Waals surface area contributed by atoms with Crippen molar-refractivity contribution in [2.75, 3.05) is 13.1 Å². The Morgan fingerprint density at radius 2 is 1.69 bits per heavy atom. The molecule has 3 aromatic rings. The van der Waals surface area contributed by atoms with Gasteiger partial charge >= 0.3 is 6.09 Å². The summed E-state index contributed by atoms with van der Waals surface area (Å²) >= 11 is 0. The van der Waals surface area contributed by atoms with Gasteiger partial charge in [0.2, 0.25) is 0 Å². The summed E-state index contributed by atoms with van der Waals surface area (Å²) in [6.45, 7) is 1.08. The molecule has 2 heterocycles. The van der Waals surface area contributed by atoms with E-state index in [1.165, 1.54) is 0 Å². The van der Waals surface area contributed by atoms with Gasteiger partial charge < -0.3 is 14.4 Å². The van der Waals surface area contributed by atoms with Crippen molar-refractivity contribution in [3.8, 4) is 22.9 Å². The number of ketones is 1. The summed E-state index contributed by atoms with van der Waals surface area (Å²) in [6.07, 6.45) is 1.36. The molecule has 0 aromatic heterocycles. The molecule has 0 saturated carbocycles. The molecule has 1 spiro atoms. The molecule has 1 fully saturated rings. The second kappa shape index (κ2) is 10.2. The van der Waals surface area contributed by atoms with Gasteiger partial charge in [-0.3, -0.25) is 4.79 Å². The predicted molar refractivity (Wildman–Crippen MR) is 135 cm³/mol. The maximum absolute atomic E-state index is 13.6. The lowest BCUT2D eigenvalue weighted by atomic mass is 9.71. The van der Waals surface area contributed by atoms with Crippen LogP contribution in [-0.4, -0.2) is 35.5 Å². The van der Waals surface area contributed by atoms with Gasteiger partial charge in [0, 0.05) is 32.4 Å². The van der Waals surface area contributed by atoms with Crippen molar-refractivity contribution in [3.63, 3.8) is 0 Å². The third kappa shape index (κ3) is 4.70. The van der Waals surface area contributed by atoms with Gasteiger partial charge in [0.25, 0.3) is 0 Å². The summed E-state index contributed by atoms with van der Waals surface area (Å²) < 4.78 is 12.2. The first-order valence-corrected chi connectivity index (χ1v) is 12.3. The van der Waals surface area contributed by atoms with Gasteiger partial charge in [-0.2, -0.15) is 5.26 Å². The number of hydrogen-bond donors (Lipinski definition) is 0. The van der Waals surface area contributed by atoms with Crippen molar-refractivity contribution in [2.24, 2.45) is 5.92 Å². The zero-order valence-electron chi connectivity index (χ0n) is 20.1. The smallest absolute Gasteiger partial charge is 0.410 e. The Labute approximate surface area is 211 Å². The van der Waals surface area contributed by atoms with Crippen molar-refractivity contribution in [2.45, 2.75) is 37.9 Å². The normalized spacial score (nSPS) is 18.1. The number of Topliss-reactive ketones (excluding diaryl/α,β-unsaturated/α-hetero) is 1. The van der Waals surface area contributed by atoms with E-state index in [0.717, 1.165) is 16.7 Å². The van der Waals surface area contributed by atoms with Crippen LogP contribution in [0.1, 0.15) is 41.6 Å². The van der Waals surface area contributed by atoms with Gasteiger partial charge in [-0.05, 0) is 35.2 Å². The fourth-order valence-electron chi connectivity index (χ4n) is 5.27. The minimum atomic E-state index is -0.744. The topological polar surface area (TPSA) is 79.6 Å². The molecule has 0 aliphatic carbocycles. The Balaban J connectivity index is 1.35. The summed E-state index contributed by atoms with van der Waals surface area (Å²) in [7, 11) is 0. The van der Waals surface area contributed by atoms with E-state index in [9.17, 15) is 14.9 Å². The van der Waals surface area contributed by atoms with E-state index in [1.54, 1.807) is 4.90 Å². The summed E-state index contributed by atoms with van der Waals surface area (Å²) in [4.78, 5) is 28.0. The lowest BCUT2D eigenvalue weighted by Crippen LogP contribution is -2.57. The molecule has 0 N–H and O–H groups in total. The van der Waals surface area contributed by atoms with E-state index in [1.807, 2.05) is 78.9 Å². The van der Waals surface area contributed by atoms with Crippen LogP contribution in [-0.2, 0) is 11.3 Å². The van der Waals surface area contributed by atoms with E-state index in [2.05, 4.69) is 6.07 Å². The molecule has 6 nitrogen and oxygen atoms in total. The largest absolute Gasteiger partial charge is 0.486 e. The van der Waals surface area contributed by atoms with E-state index in [4.69, 9.17) is 9.47 Å². The molecule has 3 aromatic carbocycles. The number of benzene rings is 3. The lowest BCUT2D eigenvalue weighted by Gasteiger charge is -2.48. The predicted octanol–water partition coefficient (Wildman–Crippen LogP) is 6.02. The Hall–Kier alpha value is -4.11. The van der Waals surface area contributed by atoms with Crippen molar-refractivity contribution < 1.29 is 19.1 Å². The van der Waals surface area contributed by atoms with Gasteiger partial charge in [0.05, 0.1) is 17.6 Å². The van der Waals surface area contributed by atoms with Crippen molar-refractivity contribution in [3.05, 3.63) is 90.0 Å². The van der Waals surface area contributed by atoms with E-state index in [-0.39, 0.29) is 24.9 Å². The summed E-state index contributed by atoms with van der Waals surface area (Å²) in [5.41, 5.74) is 2.78. The Kier molecular flexibility index (Phi) is 6.73. The molecule has 2 aliphatic heterocycles. The molecule has 1 amide bonds. The third-order valence-corrected chi connectivity index (χ3v) is 7.24. The van der Waals surface area contributed by atoms with Crippen LogP contribution in [0, 0.1) is 17.2 Å². The maximum atomic E-state index is 13.6. The van der Waals surface area contributed by atoms with Crippen LogP contribution in [0.5, 0.6) is 5.75 Å². The van der Waals surface area contributed by atoms with Gasteiger partial charge in [-0.15, -0.1) is 0 Å². The van der Waals surface area contributed by atoms with Crippen molar-refractivity contribution in [1.82, 2.24) is 4.90 Å². The van der Waals surface area contributed by atoms with Crippen molar-refractivity contribution >= 4 is 11.9 Å². The van der Waals surface area contributed by atoms with Crippen LogP contribution in [0.2, 0.25) is 0 Å². The van der Waals surface area contributed by atoms with Gasteiger partial charge in [0.15, 0.2) is 5.78 Å². The number of likely N-dealkylation sites (tertiary alicyclic amines) is 1. The zero-order valence-corrected chi connectivity index (χ0v) is 20.1. The number of amides is 1. The fraction of sp³-hybridized carbons (Fsp3) is 0.300. The molecular weight excluding hydrogens is 452 g/mol. The first kappa shape index (κ1) is 23.6. The first-order chi connectivity index (χ1) is 17.6. The number of nitrogens with zero attached hydrogens (tertiary/aromatic N) is 2. The van der Waals surface area contributed by atoms with Gasteiger partial charge in [0.1, 0.15) is 18.0 Å². The molecule has 6 heteroatoms. The van der Waals surface area contributed by atoms with Crippen LogP contribution in [0.25, 0.3) is 11.1 Å². The third-order valence-electron chi connectivity index (χ3n) is 7.24. The number of piperidine rings is 1. The number of fused-ring (bicyclic) bond motifs is 1. The molecule has 2 aliphatic rings. The Morgan fingerprint density at radius 1 is 1.00 bits per heavy atom. The zero-order chi connectivity index (χ0) is 25.0. The summed E-state index contributed by atoms with van der Waals surface area (Å²) in [5.74, 6) is 0.176. The second-order valence-electron chi connectivity index (χ2n) is 9.38. The van der Waals surface area contributed by atoms with Crippen LogP contribution < -0.4 is 4.74 Å². The number of carbonyl (C=O) groups is 2. The second-order valence-corrected chi connectivity index (χ2v) is 9.38. The van der Waals surface area contributed by atoms with Crippen LogP contribution in [0.4, 0.5) is 4.79 Å². The van der Waals surface area contributed by atoms with Crippen LogP contribution in [0.15, 0.2) is 78.9 Å². The lowest BCUT2D eigenvalue weighted by molar-refractivity contribution is -0.0443. The van der Waals surface area contributed by atoms with Crippen molar-refractivity contribution in [1.29, 1.82) is 5.26 Å². The monoisotopic (exact) mass is 480 g/mol. The van der Waals surface area contributed by atoms with E-state index in [0.29, 0.717) is 43.7 Å². The number of rotatable bonds is 5. The molecular formula is C30H28N2O4. The fourth-order valence-corrected chi connectivity index (χ4v) is 5.27. The quantitative estimate of drug-likeness (QED) is 0.446. The highest BCUT2D eigenvalue weighted by Gasteiger charge is 2.51. The molecule has 0 bridgehead atoms. The number of hydrogen-bond acceptors (Lipinski definition) is 5. The molecule has 0 radical (unpaired) electrons. The Morgan fingerprint density at radius 3 is 2.39 bits per heavy atom. The Bertz CT molecular complexity index is 1280. The van der Waals surface area contributed by atoms with Crippen LogP contribution >= 0.6 is 0 Å². The number of nitriles is 1. The highest BCUT2D eigenvalue weighted by Crippen LogP contribution is 2.46. The summed E-state index contributed by atoms with van der Waals surface area (Å²) in [5, 5.41) is 9.22. The van der Waals surface area contributed by atoms with E-state index >= 15 is 0 Å². The highest BCUT2D eigenvalue weighted by atomic mass is 16.6. The molecule has 36 heavy (non-hydrogen) atoms. The highest BCUT2D eigenvalue weighted by molar-refractivity contribution is 6.02. The average Bonchev–Trinajstić information content (AvgIpc) is 2.93. The summed E-state index contributed by atoms with van der Waals surface area (Å²) in [6, 6.07) is 27.4.